The van der Waals surface area contributed by atoms with Gasteiger partial charge in [0.15, 0.2) is 5.82 Å². The van der Waals surface area contributed by atoms with E-state index in [-0.39, 0.29) is 0 Å². The summed E-state index contributed by atoms with van der Waals surface area (Å²) in [5, 5.41) is 4.45. The highest BCUT2D eigenvalue weighted by Gasteiger charge is 2.15. The van der Waals surface area contributed by atoms with Crippen LogP contribution in [-0.2, 0) is 4.74 Å². The van der Waals surface area contributed by atoms with Gasteiger partial charge in [-0.3, -0.25) is 0 Å². The van der Waals surface area contributed by atoms with Gasteiger partial charge >= 0.3 is 0 Å². The number of morpholine rings is 1. The summed E-state index contributed by atoms with van der Waals surface area (Å²) in [7, 11) is 0. The molecule has 3 rings (SSSR count). The predicted molar refractivity (Wildman–Crippen MR) is 71.7 cm³/mol. The highest BCUT2D eigenvalue weighted by molar-refractivity contribution is 5.36. The number of rotatable bonds is 2. The maximum absolute atomic E-state index is 5.34. The molecule has 1 aliphatic heterocycles. The van der Waals surface area contributed by atoms with Gasteiger partial charge in [0.1, 0.15) is 0 Å². The minimum atomic E-state index is 0.730. The molecule has 1 saturated heterocycles. The Kier molecular flexibility index (Phi) is 3.16. The fraction of sp³-hybridized carbons (Fsp3) is 0.462. The van der Waals surface area contributed by atoms with Crippen LogP contribution >= 0.6 is 0 Å². The first kappa shape index (κ1) is 12.1. The van der Waals surface area contributed by atoms with Crippen LogP contribution in [0.25, 0.3) is 5.82 Å². The number of aromatic nitrogens is 4. The first-order chi connectivity index (χ1) is 9.24. The molecular weight excluding hydrogens is 242 g/mol. The maximum Gasteiger partial charge on any atom is 0.227 e. The van der Waals surface area contributed by atoms with Crippen LogP contribution in [0.1, 0.15) is 11.4 Å². The zero-order chi connectivity index (χ0) is 13.2. The van der Waals surface area contributed by atoms with E-state index in [0.717, 1.165) is 49.5 Å². The Hall–Kier alpha value is -1.95. The molecular formula is C13H17N5O. The largest absolute Gasteiger partial charge is 0.378 e. The van der Waals surface area contributed by atoms with Crippen molar-refractivity contribution in [2.75, 3.05) is 31.2 Å². The summed E-state index contributed by atoms with van der Waals surface area (Å²) in [6.45, 7) is 7.13. The molecule has 0 spiro atoms. The van der Waals surface area contributed by atoms with Crippen molar-refractivity contribution in [3.05, 3.63) is 29.7 Å². The lowest BCUT2D eigenvalue weighted by atomic mass is 10.4. The van der Waals surface area contributed by atoms with E-state index in [9.17, 15) is 0 Å². The minimum Gasteiger partial charge on any atom is -0.378 e. The summed E-state index contributed by atoms with van der Waals surface area (Å²) >= 11 is 0. The van der Waals surface area contributed by atoms with E-state index in [1.807, 2.05) is 30.7 Å². The maximum atomic E-state index is 5.34. The molecule has 0 aromatic carbocycles. The fourth-order valence-electron chi connectivity index (χ4n) is 2.23. The van der Waals surface area contributed by atoms with Gasteiger partial charge in [0.05, 0.1) is 18.9 Å². The molecule has 19 heavy (non-hydrogen) atoms. The van der Waals surface area contributed by atoms with Crippen LogP contribution in [0.4, 0.5) is 5.95 Å². The molecule has 1 aliphatic rings. The van der Waals surface area contributed by atoms with Crippen LogP contribution < -0.4 is 4.90 Å². The highest BCUT2D eigenvalue weighted by Crippen LogP contribution is 2.14. The Bertz CT molecular complexity index is 574. The molecule has 0 unspecified atom stereocenters. The van der Waals surface area contributed by atoms with Gasteiger partial charge < -0.3 is 9.64 Å². The van der Waals surface area contributed by atoms with Crippen molar-refractivity contribution in [3.63, 3.8) is 0 Å². The monoisotopic (exact) mass is 259 g/mol. The standard InChI is InChI=1S/C13H17N5O/c1-10-9-11(2)18(16-10)12-3-4-14-13(15-12)17-5-7-19-8-6-17/h3-4,9H,5-8H2,1-2H3. The zero-order valence-electron chi connectivity index (χ0n) is 11.2. The van der Waals surface area contributed by atoms with E-state index in [1.54, 1.807) is 6.20 Å². The molecule has 100 valence electrons. The van der Waals surface area contributed by atoms with Crippen molar-refractivity contribution in [3.8, 4) is 5.82 Å². The Morgan fingerprint density at radius 3 is 2.68 bits per heavy atom. The van der Waals surface area contributed by atoms with Crippen molar-refractivity contribution >= 4 is 5.95 Å². The molecule has 2 aromatic heterocycles. The van der Waals surface area contributed by atoms with Gasteiger partial charge in [-0.1, -0.05) is 0 Å². The summed E-state index contributed by atoms with van der Waals surface area (Å²) in [6.07, 6.45) is 1.78. The molecule has 0 radical (unpaired) electrons. The lowest BCUT2D eigenvalue weighted by molar-refractivity contribution is 0.122. The Morgan fingerprint density at radius 1 is 1.21 bits per heavy atom. The van der Waals surface area contributed by atoms with Crippen LogP contribution in [0.15, 0.2) is 18.3 Å². The van der Waals surface area contributed by atoms with E-state index in [4.69, 9.17) is 4.74 Å². The van der Waals surface area contributed by atoms with Gasteiger partial charge in [-0.25, -0.2) is 9.67 Å². The van der Waals surface area contributed by atoms with Crippen LogP contribution in [-0.4, -0.2) is 46.1 Å². The van der Waals surface area contributed by atoms with Crippen LogP contribution in [0.5, 0.6) is 0 Å². The van der Waals surface area contributed by atoms with E-state index in [0.29, 0.717) is 0 Å². The van der Waals surface area contributed by atoms with Crippen molar-refractivity contribution < 1.29 is 4.74 Å². The number of nitrogens with zero attached hydrogens (tertiary/aromatic N) is 5. The van der Waals surface area contributed by atoms with Gasteiger partial charge in [0, 0.05) is 31.0 Å². The molecule has 0 saturated carbocycles. The molecule has 0 bridgehead atoms. The molecule has 0 N–H and O–H groups in total. The summed E-state index contributed by atoms with van der Waals surface area (Å²) in [5.74, 6) is 1.55. The lowest BCUT2D eigenvalue weighted by Gasteiger charge is -2.26. The fourth-order valence-corrected chi connectivity index (χ4v) is 2.23. The third kappa shape index (κ3) is 2.44. The molecule has 6 heteroatoms. The number of hydrogen-bond acceptors (Lipinski definition) is 5. The number of aryl methyl sites for hydroxylation is 2. The molecule has 0 atom stereocenters. The Balaban J connectivity index is 1.93. The van der Waals surface area contributed by atoms with Crippen LogP contribution in [0, 0.1) is 13.8 Å². The summed E-state index contributed by atoms with van der Waals surface area (Å²) in [6, 6.07) is 3.92. The average molecular weight is 259 g/mol. The first-order valence-electron chi connectivity index (χ1n) is 6.43. The molecule has 2 aromatic rings. The highest BCUT2D eigenvalue weighted by atomic mass is 16.5. The summed E-state index contributed by atoms with van der Waals surface area (Å²) < 4.78 is 7.19. The van der Waals surface area contributed by atoms with E-state index >= 15 is 0 Å². The van der Waals surface area contributed by atoms with Crippen LogP contribution in [0.2, 0.25) is 0 Å². The first-order valence-corrected chi connectivity index (χ1v) is 6.43. The van der Waals surface area contributed by atoms with Crippen molar-refractivity contribution in [2.24, 2.45) is 0 Å². The van der Waals surface area contributed by atoms with Gasteiger partial charge in [0.25, 0.3) is 0 Å². The smallest absolute Gasteiger partial charge is 0.227 e. The van der Waals surface area contributed by atoms with E-state index in [1.165, 1.54) is 0 Å². The van der Waals surface area contributed by atoms with Crippen molar-refractivity contribution in [1.82, 2.24) is 19.7 Å². The van der Waals surface area contributed by atoms with Gasteiger partial charge in [-0.15, -0.1) is 0 Å². The second-order valence-corrected chi connectivity index (χ2v) is 4.65. The van der Waals surface area contributed by atoms with E-state index < -0.39 is 0 Å². The molecule has 0 aliphatic carbocycles. The normalized spacial score (nSPS) is 15.8. The predicted octanol–water partition coefficient (Wildman–Crippen LogP) is 1.12. The van der Waals surface area contributed by atoms with Crippen molar-refractivity contribution in [2.45, 2.75) is 13.8 Å². The zero-order valence-corrected chi connectivity index (χ0v) is 11.2. The molecule has 0 amide bonds. The Morgan fingerprint density at radius 2 is 2.00 bits per heavy atom. The second-order valence-electron chi connectivity index (χ2n) is 4.65. The topological polar surface area (TPSA) is 56.1 Å². The van der Waals surface area contributed by atoms with Gasteiger partial charge in [-0.05, 0) is 19.9 Å². The SMILES string of the molecule is Cc1cc(C)n(-c2ccnc(N3CCOCC3)n2)n1. The van der Waals surface area contributed by atoms with Gasteiger partial charge in [-0.2, -0.15) is 10.1 Å². The molecule has 6 nitrogen and oxygen atoms in total. The Labute approximate surface area is 112 Å². The lowest BCUT2D eigenvalue weighted by Crippen LogP contribution is -2.37. The minimum absolute atomic E-state index is 0.730. The third-order valence-corrected chi connectivity index (χ3v) is 3.15. The third-order valence-electron chi connectivity index (χ3n) is 3.15. The molecule has 3 heterocycles. The van der Waals surface area contributed by atoms with Gasteiger partial charge in [0.2, 0.25) is 5.95 Å². The van der Waals surface area contributed by atoms with Crippen molar-refractivity contribution in [1.29, 1.82) is 0 Å². The number of hydrogen-bond donors (Lipinski definition) is 0. The number of anilines is 1. The van der Waals surface area contributed by atoms with E-state index in [2.05, 4.69) is 20.0 Å². The number of ether oxygens (including phenoxy) is 1. The average Bonchev–Trinajstić information content (AvgIpc) is 2.79. The summed E-state index contributed by atoms with van der Waals surface area (Å²) in [4.78, 5) is 11.1. The van der Waals surface area contributed by atoms with Crippen LogP contribution in [0.3, 0.4) is 0 Å². The molecule has 1 fully saturated rings. The summed E-state index contributed by atoms with van der Waals surface area (Å²) in [5.41, 5.74) is 2.06. The quantitative estimate of drug-likeness (QED) is 0.809. The second kappa shape index (κ2) is 4.97.